The van der Waals surface area contributed by atoms with Crippen LogP contribution in [0.3, 0.4) is 0 Å². The van der Waals surface area contributed by atoms with Gasteiger partial charge in [0, 0.05) is 32.9 Å². The number of hydrogen-bond donors (Lipinski definition) is 2. The second-order valence-electron chi connectivity index (χ2n) is 9.94. The van der Waals surface area contributed by atoms with Crippen molar-refractivity contribution in [1.82, 2.24) is 0 Å². The number of hydrogen-bond acceptors (Lipinski definition) is 2. The molecule has 1 amide bonds. The van der Waals surface area contributed by atoms with Crippen molar-refractivity contribution in [3.05, 3.63) is 57.6 Å². The highest BCUT2D eigenvalue weighted by Gasteiger charge is 2.49. The van der Waals surface area contributed by atoms with Gasteiger partial charge in [0.1, 0.15) is 0 Å². The summed E-state index contributed by atoms with van der Waals surface area (Å²) in [5.41, 5.74) is 4.48. The summed E-state index contributed by atoms with van der Waals surface area (Å²) in [6.07, 6.45) is 8.50. The molecule has 162 valence electrons. The molecule has 3 fully saturated rings. The lowest BCUT2D eigenvalue weighted by molar-refractivity contribution is -0.117. The minimum absolute atomic E-state index is 0.122. The van der Waals surface area contributed by atoms with Gasteiger partial charge in [-0.2, -0.15) is 0 Å². The highest BCUT2D eigenvalue weighted by molar-refractivity contribution is 6.36. The van der Waals surface area contributed by atoms with Crippen LogP contribution in [0.2, 0.25) is 10.0 Å². The number of amides is 1. The van der Waals surface area contributed by atoms with Gasteiger partial charge in [0.25, 0.3) is 0 Å². The number of rotatable bonds is 3. The fourth-order valence-corrected chi connectivity index (χ4v) is 7.29. The van der Waals surface area contributed by atoms with E-state index in [1.54, 1.807) is 0 Å². The summed E-state index contributed by atoms with van der Waals surface area (Å²) in [5, 5.41) is 8.49. The van der Waals surface area contributed by atoms with Crippen molar-refractivity contribution >= 4 is 40.5 Å². The molecule has 5 atom stereocenters. The molecule has 5 unspecified atom stereocenters. The average Bonchev–Trinajstić information content (AvgIpc) is 3.50. The Balaban J connectivity index is 1.42. The van der Waals surface area contributed by atoms with E-state index in [0.29, 0.717) is 17.8 Å². The number of halogens is 2. The van der Waals surface area contributed by atoms with Crippen LogP contribution in [0, 0.1) is 23.7 Å². The molecule has 6 rings (SSSR count). The Morgan fingerprint density at radius 2 is 1.77 bits per heavy atom. The first-order chi connectivity index (χ1) is 15.1. The van der Waals surface area contributed by atoms with E-state index in [4.69, 9.17) is 23.2 Å². The number of benzene rings is 2. The van der Waals surface area contributed by atoms with Crippen molar-refractivity contribution in [2.24, 2.45) is 23.7 Å². The highest BCUT2D eigenvalue weighted by Crippen LogP contribution is 2.60. The second kappa shape index (κ2) is 7.71. The van der Waals surface area contributed by atoms with Crippen LogP contribution in [0.25, 0.3) is 0 Å². The Bertz CT molecular complexity index is 1010. The van der Waals surface area contributed by atoms with Gasteiger partial charge in [0.15, 0.2) is 0 Å². The monoisotopic (exact) mass is 454 g/mol. The molecule has 2 N–H and O–H groups in total. The van der Waals surface area contributed by atoms with Gasteiger partial charge in [-0.1, -0.05) is 42.1 Å². The van der Waals surface area contributed by atoms with Crippen molar-refractivity contribution in [1.29, 1.82) is 0 Å². The summed E-state index contributed by atoms with van der Waals surface area (Å²) >= 11 is 13.4. The molecule has 3 nitrogen and oxygen atoms in total. The largest absolute Gasteiger partial charge is 0.378 e. The van der Waals surface area contributed by atoms with Crippen molar-refractivity contribution in [2.75, 3.05) is 10.6 Å². The first-order valence-electron chi connectivity index (χ1n) is 11.8. The zero-order chi connectivity index (χ0) is 21.1. The zero-order valence-corrected chi connectivity index (χ0v) is 19.1. The van der Waals surface area contributed by atoms with Gasteiger partial charge >= 0.3 is 0 Å². The van der Waals surface area contributed by atoms with E-state index in [9.17, 15) is 4.79 Å². The minimum atomic E-state index is 0.122. The van der Waals surface area contributed by atoms with E-state index in [1.165, 1.54) is 37.7 Å². The Labute approximate surface area is 193 Å². The lowest BCUT2D eigenvalue weighted by atomic mass is 9.60. The van der Waals surface area contributed by atoms with Crippen LogP contribution in [0.5, 0.6) is 0 Å². The number of carbonyl (C=O) groups is 1. The van der Waals surface area contributed by atoms with Crippen LogP contribution in [0.1, 0.15) is 68.0 Å². The third kappa shape index (κ3) is 3.45. The molecular formula is C26H28Cl2N2O. The summed E-state index contributed by atoms with van der Waals surface area (Å²) in [6, 6.07) is 12.3. The van der Waals surface area contributed by atoms with Crippen molar-refractivity contribution in [2.45, 2.75) is 56.9 Å². The van der Waals surface area contributed by atoms with Crippen molar-refractivity contribution in [3.63, 3.8) is 0 Å². The molecule has 2 aromatic carbocycles. The smallest absolute Gasteiger partial charge is 0.227 e. The van der Waals surface area contributed by atoms with E-state index in [1.807, 2.05) is 24.3 Å². The molecule has 0 aromatic heterocycles. The van der Waals surface area contributed by atoms with Gasteiger partial charge in [0.2, 0.25) is 5.91 Å². The lowest BCUT2D eigenvalue weighted by Gasteiger charge is -2.49. The Hall–Kier alpha value is -1.71. The molecule has 1 heterocycles. The van der Waals surface area contributed by atoms with Gasteiger partial charge in [-0.25, -0.2) is 0 Å². The van der Waals surface area contributed by atoms with Crippen molar-refractivity contribution in [3.8, 4) is 0 Å². The van der Waals surface area contributed by atoms with Gasteiger partial charge < -0.3 is 10.6 Å². The SMILES string of the molecule is O=C(Nc1ccc2c(c1)C1CCC3CCCC3C1C(c1c(Cl)cccc1Cl)N2)C1CC1. The van der Waals surface area contributed by atoms with E-state index >= 15 is 0 Å². The molecule has 0 saturated heterocycles. The Morgan fingerprint density at radius 1 is 0.968 bits per heavy atom. The quantitative estimate of drug-likeness (QED) is 0.506. The molecule has 2 aromatic rings. The summed E-state index contributed by atoms with van der Waals surface area (Å²) < 4.78 is 0. The third-order valence-corrected chi connectivity index (χ3v) is 8.86. The number of fused-ring (bicyclic) bond motifs is 5. The molecule has 5 heteroatoms. The van der Waals surface area contributed by atoms with E-state index in [-0.39, 0.29) is 17.9 Å². The molecule has 3 aliphatic carbocycles. The van der Waals surface area contributed by atoms with E-state index in [0.717, 1.165) is 45.7 Å². The summed E-state index contributed by atoms with van der Waals surface area (Å²) in [6.45, 7) is 0. The highest BCUT2D eigenvalue weighted by atomic mass is 35.5. The molecule has 0 spiro atoms. The second-order valence-corrected chi connectivity index (χ2v) is 10.8. The van der Waals surface area contributed by atoms with Crippen LogP contribution in [0.4, 0.5) is 11.4 Å². The molecule has 1 aliphatic heterocycles. The van der Waals surface area contributed by atoms with E-state index < -0.39 is 0 Å². The van der Waals surface area contributed by atoms with Gasteiger partial charge in [-0.3, -0.25) is 4.79 Å². The van der Waals surface area contributed by atoms with Crippen LogP contribution in [-0.4, -0.2) is 5.91 Å². The molecule has 3 saturated carbocycles. The van der Waals surface area contributed by atoms with Gasteiger partial charge in [0.05, 0.1) is 6.04 Å². The minimum Gasteiger partial charge on any atom is -0.378 e. The molecule has 0 radical (unpaired) electrons. The average molecular weight is 455 g/mol. The van der Waals surface area contributed by atoms with Gasteiger partial charge in [-0.05, 0) is 91.7 Å². The predicted molar refractivity (Wildman–Crippen MR) is 127 cm³/mol. The molecule has 31 heavy (non-hydrogen) atoms. The maximum atomic E-state index is 12.3. The standard InChI is InChI=1S/C26H28Cl2N2O/c27-20-5-2-6-21(28)24(20)25-23-17-4-1-3-14(17)9-11-18(23)19-13-16(10-12-22(19)30-25)29-26(31)15-7-8-15/h2,5-6,10,12-15,17-18,23,25,30H,1,3-4,7-9,11H2,(H,29,31). The predicted octanol–water partition coefficient (Wildman–Crippen LogP) is 7.42. The summed E-state index contributed by atoms with van der Waals surface area (Å²) in [4.78, 5) is 12.3. The topological polar surface area (TPSA) is 41.1 Å². The van der Waals surface area contributed by atoms with Crippen molar-refractivity contribution < 1.29 is 4.79 Å². The maximum absolute atomic E-state index is 12.3. The number of anilines is 2. The summed E-state index contributed by atoms with van der Waals surface area (Å²) in [7, 11) is 0. The van der Waals surface area contributed by atoms with Crippen LogP contribution < -0.4 is 10.6 Å². The first kappa shape index (κ1) is 19.9. The summed E-state index contributed by atoms with van der Waals surface area (Å²) in [5.74, 6) is 2.82. The molecular weight excluding hydrogens is 427 g/mol. The normalized spacial score (nSPS) is 31.2. The lowest BCUT2D eigenvalue weighted by Crippen LogP contribution is -2.41. The Morgan fingerprint density at radius 3 is 2.55 bits per heavy atom. The number of nitrogens with one attached hydrogen (secondary N) is 2. The Kier molecular flexibility index (Phi) is 4.96. The first-order valence-corrected chi connectivity index (χ1v) is 12.5. The fourth-order valence-electron chi connectivity index (χ4n) is 6.66. The number of carbonyl (C=O) groups excluding carboxylic acids is 1. The molecule has 4 aliphatic rings. The van der Waals surface area contributed by atoms with Crippen LogP contribution in [0.15, 0.2) is 36.4 Å². The molecule has 0 bridgehead atoms. The maximum Gasteiger partial charge on any atom is 0.227 e. The van der Waals surface area contributed by atoms with E-state index in [2.05, 4.69) is 22.8 Å². The van der Waals surface area contributed by atoms with Crippen LogP contribution in [-0.2, 0) is 4.79 Å². The fraction of sp³-hybridized carbons (Fsp3) is 0.500. The van der Waals surface area contributed by atoms with Gasteiger partial charge in [-0.15, -0.1) is 0 Å². The van der Waals surface area contributed by atoms with Crippen LogP contribution >= 0.6 is 23.2 Å². The third-order valence-electron chi connectivity index (χ3n) is 8.20. The zero-order valence-electron chi connectivity index (χ0n) is 17.5.